The van der Waals surface area contributed by atoms with Crippen LogP contribution >= 0.6 is 61.2 Å². The third kappa shape index (κ3) is 1.70. The Balaban J connectivity index is 2.50. The van der Waals surface area contributed by atoms with Crippen molar-refractivity contribution in [2.75, 3.05) is 0 Å². The predicted octanol–water partition coefficient (Wildman–Crippen LogP) is 3.63. The topological polar surface area (TPSA) is 25.8 Å². The highest BCUT2D eigenvalue weighted by molar-refractivity contribution is 14.1. The Morgan fingerprint density at radius 1 is 1.42 bits per heavy atom. The van der Waals surface area contributed by atoms with Gasteiger partial charge in [0, 0.05) is 3.57 Å². The molecule has 2 aromatic rings. The minimum atomic E-state index is 0.835. The van der Waals surface area contributed by atoms with Gasteiger partial charge in [0.2, 0.25) is 0 Å². The lowest BCUT2D eigenvalue weighted by atomic mass is 10.5. The Kier molecular flexibility index (Phi) is 2.78. The zero-order chi connectivity index (χ0) is 8.55. The van der Waals surface area contributed by atoms with E-state index in [0.29, 0.717) is 0 Å². The standard InChI is InChI=1S/C6H2BrIN2S2/c7-6-10-9-5(12-6)4-3(8)1-2-11-4/h1-2H. The third-order valence-electron chi connectivity index (χ3n) is 1.21. The van der Waals surface area contributed by atoms with Gasteiger partial charge in [0.1, 0.15) is 0 Å². The Bertz CT molecular complexity index is 398. The van der Waals surface area contributed by atoms with Crippen LogP contribution in [0.1, 0.15) is 0 Å². The van der Waals surface area contributed by atoms with Crippen LogP contribution in [0.2, 0.25) is 0 Å². The van der Waals surface area contributed by atoms with E-state index < -0.39 is 0 Å². The van der Waals surface area contributed by atoms with Gasteiger partial charge in [0.05, 0.1) is 4.88 Å². The third-order valence-corrected chi connectivity index (χ3v) is 4.90. The summed E-state index contributed by atoms with van der Waals surface area (Å²) in [7, 11) is 0. The monoisotopic (exact) mass is 372 g/mol. The van der Waals surface area contributed by atoms with Crippen molar-refractivity contribution in [3.05, 3.63) is 18.9 Å². The molecule has 0 aliphatic rings. The fraction of sp³-hybridized carbons (Fsp3) is 0. The molecule has 0 spiro atoms. The van der Waals surface area contributed by atoms with Crippen LogP contribution in [-0.2, 0) is 0 Å². The molecule has 0 N–H and O–H groups in total. The SMILES string of the molecule is Brc1nnc(-c2sccc2I)s1. The van der Waals surface area contributed by atoms with Crippen molar-refractivity contribution < 1.29 is 0 Å². The number of nitrogens with zero attached hydrogens (tertiary/aromatic N) is 2. The molecule has 12 heavy (non-hydrogen) atoms. The van der Waals surface area contributed by atoms with Crippen LogP contribution in [0.5, 0.6) is 0 Å². The lowest BCUT2D eigenvalue weighted by Gasteiger charge is -1.87. The molecule has 0 aliphatic heterocycles. The molecule has 0 radical (unpaired) electrons. The summed E-state index contributed by atoms with van der Waals surface area (Å²) in [4.78, 5) is 1.21. The summed E-state index contributed by atoms with van der Waals surface area (Å²) < 4.78 is 2.07. The molecule has 0 aliphatic carbocycles. The number of hydrogen-bond acceptors (Lipinski definition) is 4. The number of hydrogen-bond donors (Lipinski definition) is 0. The molecule has 0 saturated heterocycles. The molecule has 2 heterocycles. The maximum atomic E-state index is 4.05. The van der Waals surface area contributed by atoms with Crippen molar-refractivity contribution in [1.82, 2.24) is 10.2 Å². The van der Waals surface area contributed by atoms with Gasteiger partial charge in [-0.2, -0.15) is 0 Å². The molecule has 2 nitrogen and oxygen atoms in total. The van der Waals surface area contributed by atoms with Crippen molar-refractivity contribution in [2.24, 2.45) is 0 Å². The second kappa shape index (κ2) is 3.69. The summed E-state index contributed by atoms with van der Waals surface area (Å²) in [6.07, 6.45) is 0. The summed E-state index contributed by atoms with van der Waals surface area (Å²) in [6, 6.07) is 2.08. The Hall–Kier alpha value is 0.470. The van der Waals surface area contributed by atoms with Gasteiger partial charge >= 0.3 is 0 Å². The summed E-state index contributed by atoms with van der Waals surface area (Å²) in [6.45, 7) is 0. The van der Waals surface area contributed by atoms with Gasteiger partial charge in [-0.25, -0.2) is 0 Å². The summed E-state index contributed by atoms with van der Waals surface area (Å²) in [5, 5.41) is 11.0. The van der Waals surface area contributed by atoms with E-state index in [-0.39, 0.29) is 0 Å². The minimum Gasteiger partial charge on any atom is -0.140 e. The molecule has 0 atom stereocenters. The fourth-order valence-electron chi connectivity index (χ4n) is 0.743. The number of aromatic nitrogens is 2. The molecule has 2 rings (SSSR count). The van der Waals surface area contributed by atoms with Gasteiger partial charge in [0.15, 0.2) is 8.92 Å². The minimum absolute atomic E-state index is 0.835. The van der Waals surface area contributed by atoms with Crippen molar-refractivity contribution in [3.8, 4) is 9.88 Å². The Labute approximate surface area is 99.3 Å². The van der Waals surface area contributed by atoms with Gasteiger partial charge in [-0.3, -0.25) is 0 Å². The van der Waals surface area contributed by atoms with Crippen molar-refractivity contribution in [3.63, 3.8) is 0 Å². The first kappa shape index (κ1) is 9.04. The average Bonchev–Trinajstić information content (AvgIpc) is 2.58. The summed E-state index contributed by atoms with van der Waals surface area (Å²) >= 11 is 8.85. The first-order valence-electron chi connectivity index (χ1n) is 3.00. The largest absolute Gasteiger partial charge is 0.183 e. The Morgan fingerprint density at radius 3 is 2.75 bits per heavy atom. The van der Waals surface area contributed by atoms with Crippen molar-refractivity contribution in [2.45, 2.75) is 0 Å². The molecule has 2 aromatic heterocycles. The molecule has 0 aromatic carbocycles. The van der Waals surface area contributed by atoms with Crippen LogP contribution in [0, 0.1) is 3.57 Å². The number of halogens is 2. The van der Waals surface area contributed by atoms with E-state index in [4.69, 9.17) is 0 Å². The zero-order valence-electron chi connectivity index (χ0n) is 5.62. The molecule has 0 saturated carbocycles. The maximum Gasteiger partial charge on any atom is 0.183 e. The van der Waals surface area contributed by atoms with E-state index in [0.717, 1.165) is 8.92 Å². The first-order chi connectivity index (χ1) is 5.77. The molecule has 0 amide bonds. The zero-order valence-corrected chi connectivity index (χ0v) is 11.0. The molecule has 0 unspecified atom stereocenters. The molecular weight excluding hydrogens is 371 g/mol. The summed E-state index contributed by atoms with van der Waals surface area (Å²) in [5.74, 6) is 0. The summed E-state index contributed by atoms with van der Waals surface area (Å²) in [5.41, 5.74) is 0. The van der Waals surface area contributed by atoms with Gasteiger partial charge in [0.25, 0.3) is 0 Å². The average molecular weight is 373 g/mol. The highest BCUT2D eigenvalue weighted by Crippen LogP contribution is 2.33. The fourth-order valence-corrected chi connectivity index (χ4v) is 3.98. The van der Waals surface area contributed by atoms with Gasteiger partial charge in [-0.1, -0.05) is 11.3 Å². The molecule has 0 fully saturated rings. The van der Waals surface area contributed by atoms with E-state index in [1.54, 1.807) is 22.7 Å². The van der Waals surface area contributed by atoms with Gasteiger partial charge < -0.3 is 0 Å². The Morgan fingerprint density at radius 2 is 2.25 bits per heavy atom. The van der Waals surface area contributed by atoms with Crippen LogP contribution in [0.4, 0.5) is 0 Å². The number of rotatable bonds is 1. The highest BCUT2D eigenvalue weighted by Gasteiger charge is 2.09. The smallest absolute Gasteiger partial charge is 0.140 e. The first-order valence-corrected chi connectivity index (χ1v) is 6.56. The lowest BCUT2D eigenvalue weighted by Crippen LogP contribution is -1.73. The van der Waals surface area contributed by atoms with Crippen LogP contribution in [-0.4, -0.2) is 10.2 Å². The molecule has 62 valence electrons. The van der Waals surface area contributed by atoms with E-state index in [9.17, 15) is 0 Å². The van der Waals surface area contributed by atoms with Crippen molar-refractivity contribution in [1.29, 1.82) is 0 Å². The van der Waals surface area contributed by atoms with Crippen molar-refractivity contribution >= 4 is 61.2 Å². The molecule has 0 bridgehead atoms. The predicted molar refractivity (Wildman–Crippen MR) is 63.6 cm³/mol. The second-order valence-corrected chi connectivity index (χ2v) is 6.29. The highest BCUT2D eigenvalue weighted by atomic mass is 127. The van der Waals surface area contributed by atoms with E-state index >= 15 is 0 Å². The van der Waals surface area contributed by atoms with E-state index in [2.05, 4.69) is 60.2 Å². The quantitative estimate of drug-likeness (QED) is 0.714. The van der Waals surface area contributed by atoms with E-state index in [1.165, 1.54) is 8.45 Å². The maximum absolute atomic E-state index is 4.05. The molecule has 6 heteroatoms. The van der Waals surface area contributed by atoms with Crippen LogP contribution in [0.15, 0.2) is 15.4 Å². The molecular formula is C6H2BrIN2S2. The van der Waals surface area contributed by atoms with Gasteiger partial charge in [-0.05, 0) is 50.0 Å². The lowest BCUT2D eigenvalue weighted by molar-refractivity contribution is 1.08. The van der Waals surface area contributed by atoms with E-state index in [1.807, 2.05) is 0 Å². The van der Waals surface area contributed by atoms with Crippen LogP contribution in [0.3, 0.4) is 0 Å². The normalized spacial score (nSPS) is 10.5. The number of thiophene rings is 1. The second-order valence-electron chi connectivity index (χ2n) is 1.96. The van der Waals surface area contributed by atoms with Gasteiger partial charge in [-0.15, -0.1) is 21.5 Å². The van der Waals surface area contributed by atoms with Crippen LogP contribution in [0.25, 0.3) is 9.88 Å². The van der Waals surface area contributed by atoms with Crippen LogP contribution < -0.4 is 0 Å².